The van der Waals surface area contributed by atoms with E-state index in [2.05, 4.69) is 11.1 Å². The van der Waals surface area contributed by atoms with Crippen LogP contribution in [0.15, 0.2) is 24.4 Å². The summed E-state index contributed by atoms with van der Waals surface area (Å²) in [6.07, 6.45) is 2.04. The second-order valence-electron chi connectivity index (χ2n) is 4.30. The molecule has 19 heavy (non-hydrogen) atoms. The van der Waals surface area contributed by atoms with Crippen molar-refractivity contribution in [2.24, 2.45) is 0 Å². The number of carbonyl (C=O) groups is 1. The third kappa shape index (κ3) is 2.52. The van der Waals surface area contributed by atoms with Crippen molar-refractivity contribution in [2.45, 2.75) is 13.3 Å². The van der Waals surface area contributed by atoms with E-state index in [1.807, 2.05) is 13.0 Å². The Labute approximate surface area is 111 Å². The quantitative estimate of drug-likeness (QED) is 0.821. The van der Waals surface area contributed by atoms with Crippen molar-refractivity contribution in [3.05, 3.63) is 30.0 Å². The molecule has 2 aromatic rings. The fraction of sp³-hybridized carbons (Fsp3) is 0.286. The van der Waals surface area contributed by atoms with Crippen molar-refractivity contribution in [2.75, 3.05) is 18.8 Å². The number of carbonyl (C=O) groups excluding carboxylic acids is 1. The first-order chi connectivity index (χ1) is 9.17. The molecular weight excluding hydrogens is 240 g/mol. The van der Waals surface area contributed by atoms with Crippen LogP contribution in [0, 0.1) is 11.3 Å². The Kier molecular flexibility index (Phi) is 3.71. The summed E-state index contributed by atoms with van der Waals surface area (Å²) in [5, 5.41) is 9.47. The van der Waals surface area contributed by atoms with Crippen molar-refractivity contribution in [1.29, 1.82) is 5.26 Å². The number of aromatic nitrogens is 1. The van der Waals surface area contributed by atoms with Crippen molar-refractivity contribution < 1.29 is 4.79 Å². The van der Waals surface area contributed by atoms with Crippen LogP contribution >= 0.6 is 0 Å². The molecule has 3 N–H and O–H groups in total. The number of benzene rings is 1. The Morgan fingerprint density at radius 2 is 2.32 bits per heavy atom. The van der Waals surface area contributed by atoms with E-state index in [1.165, 1.54) is 0 Å². The maximum atomic E-state index is 12.4. The summed E-state index contributed by atoms with van der Waals surface area (Å²) >= 11 is 0. The maximum absolute atomic E-state index is 12.4. The molecule has 0 bridgehead atoms. The van der Waals surface area contributed by atoms with Gasteiger partial charge in [-0.3, -0.25) is 4.79 Å². The molecule has 0 spiro atoms. The lowest BCUT2D eigenvalue weighted by Crippen LogP contribution is -2.31. The van der Waals surface area contributed by atoms with Gasteiger partial charge in [0.15, 0.2) is 0 Å². The molecule has 2 rings (SSSR count). The first kappa shape index (κ1) is 13.0. The van der Waals surface area contributed by atoms with Gasteiger partial charge in [0.25, 0.3) is 5.91 Å². The molecule has 0 saturated heterocycles. The zero-order chi connectivity index (χ0) is 13.8. The largest absolute Gasteiger partial charge is 0.399 e. The van der Waals surface area contributed by atoms with Crippen LogP contribution in [0.3, 0.4) is 0 Å². The van der Waals surface area contributed by atoms with Gasteiger partial charge in [-0.2, -0.15) is 5.26 Å². The smallest absolute Gasteiger partial charge is 0.256 e. The molecule has 0 radical (unpaired) electrons. The van der Waals surface area contributed by atoms with Crippen LogP contribution in [-0.4, -0.2) is 28.9 Å². The number of H-pyrrole nitrogens is 1. The number of fused-ring (bicyclic) bond motifs is 1. The molecule has 0 fully saturated rings. The highest BCUT2D eigenvalue weighted by atomic mass is 16.2. The van der Waals surface area contributed by atoms with Crippen LogP contribution in [0.2, 0.25) is 0 Å². The summed E-state index contributed by atoms with van der Waals surface area (Å²) in [7, 11) is 0. The number of aromatic amines is 1. The van der Waals surface area contributed by atoms with Gasteiger partial charge in [0.05, 0.1) is 18.1 Å². The number of nitrogen functional groups attached to an aromatic ring is 1. The van der Waals surface area contributed by atoms with Crippen molar-refractivity contribution in [3.8, 4) is 6.07 Å². The number of nitrogens with two attached hydrogens (primary N) is 1. The molecule has 0 aliphatic carbocycles. The van der Waals surface area contributed by atoms with Crippen LogP contribution < -0.4 is 5.73 Å². The van der Waals surface area contributed by atoms with Gasteiger partial charge in [0.1, 0.15) is 0 Å². The van der Waals surface area contributed by atoms with Gasteiger partial charge in [0, 0.05) is 35.9 Å². The third-order valence-corrected chi connectivity index (χ3v) is 3.10. The Morgan fingerprint density at radius 3 is 3.00 bits per heavy atom. The van der Waals surface area contributed by atoms with Gasteiger partial charge in [0.2, 0.25) is 0 Å². The first-order valence-electron chi connectivity index (χ1n) is 6.20. The minimum absolute atomic E-state index is 0.0613. The monoisotopic (exact) mass is 256 g/mol. The second-order valence-corrected chi connectivity index (χ2v) is 4.30. The van der Waals surface area contributed by atoms with E-state index in [0.717, 1.165) is 10.9 Å². The molecule has 98 valence electrons. The van der Waals surface area contributed by atoms with Gasteiger partial charge in [-0.1, -0.05) is 0 Å². The standard InChI is InChI=1S/C14H16N4O/c1-2-18(7-3-6-15)14(19)12-9-17-13-8-10(16)4-5-11(12)13/h4-5,8-9,17H,2-3,7,16H2,1H3. The lowest BCUT2D eigenvalue weighted by Gasteiger charge is -2.18. The minimum atomic E-state index is -0.0613. The number of hydrogen-bond donors (Lipinski definition) is 2. The van der Waals surface area contributed by atoms with Crippen molar-refractivity contribution >= 4 is 22.5 Å². The number of hydrogen-bond acceptors (Lipinski definition) is 3. The van der Waals surface area contributed by atoms with E-state index >= 15 is 0 Å². The Bertz CT molecular complexity index is 638. The van der Waals surface area contributed by atoms with E-state index in [4.69, 9.17) is 11.0 Å². The van der Waals surface area contributed by atoms with Crippen LogP contribution in [-0.2, 0) is 0 Å². The number of nitrogens with one attached hydrogen (secondary N) is 1. The number of rotatable bonds is 4. The maximum Gasteiger partial charge on any atom is 0.256 e. The van der Waals surface area contributed by atoms with Crippen LogP contribution in [0.4, 0.5) is 5.69 Å². The number of amides is 1. The number of anilines is 1. The summed E-state index contributed by atoms with van der Waals surface area (Å²) in [6.45, 7) is 2.94. The zero-order valence-corrected chi connectivity index (χ0v) is 10.8. The molecule has 5 nitrogen and oxygen atoms in total. The van der Waals surface area contributed by atoms with Gasteiger partial charge < -0.3 is 15.6 Å². The average Bonchev–Trinajstić information content (AvgIpc) is 2.82. The number of nitrogens with zero attached hydrogens (tertiary/aromatic N) is 2. The molecule has 0 aliphatic rings. The predicted molar refractivity (Wildman–Crippen MR) is 74.5 cm³/mol. The molecule has 0 aliphatic heterocycles. The fourth-order valence-electron chi connectivity index (χ4n) is 2.08. The second kappa shape index (κ2) is 5.44. The minimum Gasteiger partial charge on any atom is -0.399 e. The molecule has 1 aromatic heterocycles. The van der Waals surface area contributed by atoms with Gasteiger partial charge in [-0.25, -0.2) is 0 Å². The molecule has 1 heterocycles. The van der Waals surface area contributed by atoms with Crippen LogP contribution in [0.25, 0.3) is 10.9 Å². The Balaban J connectivity index is 2.33. The molecule has 0 atom stereocenters. The molecule has 0 saturated carbocycles. The highest BCUT2D eigenvalue weighted by Crippen LogP contribution is 2.22. The fourth-order valence-corrected chi connectivity index (χ4v) is 2.08. The highest BCUT2D eigenvalue weighted by molar-refractivity contribution is 6.07. The van der Waals surface area contributed by atoms with E-state index < -0.39 is 0 Å². The topological polar surface area (TPSA) is 85.9 Å². The molecule has 0 unspecified atom stereocenters. The molecule has 1 amide bonds. The lowest BCUT2D eigenvalue weighted by atomic mass is 10.1. The molecular formula is C14H16N4O. The summed E-state index contributed by atoms with van der Waals surface area (Å²) in [5.41, 5.74) is 7.83. The zero-order valence-electron chi connectivity index (χ0n) is 10.8. The summed E-state index contributed by atoms with van der Waals surface area (Å²) < 4.78 is 0. The van der Waals surface area contributed by atoms with E-state index in [9.17, 15) is 4.79 Å². The van der Waals surface area contributed by atoms with E-state index in [-0.39, 0.29) is 5.91 Å². The third-order valence-electron chi connectivity index (χ3n) is 3.10. The molecule has 5 heteroatoms. The summed E-state index contributed by atoms with van der Waals surface area (Å²) in [4.78, 5) is 17.1. The van der Waals surface area contributed by atoms with Crippen molar-refractivity contribution in [1.82, 2.24) is 9.88 Å². The summed E-state index contributed by atoms with van der Waals surface area (Å²) in [5.74, 6) is -0.0613. The van der Waals surface area contributed by atoms with E-state index in [1.54, 1.807) is 23.2 Å². The van der Waals surface area contributed by atoms with Gasteiger partial charge in [-0.05, 0) is 25.1 Å². The van der Waals surface area contributed by atoms with Crippen LogP contribution in [0.5, 0.6) is 0 Å². The Hall–Kier alpha value is -2.48. The molecule has 1 aromatic carbocycles. The van der Waals surface area contributed by atoms with E-state index in [0.29, 0.717) is 30.8 Å². The summed E-state index contributed by atoms with van der Waals surface area (Å²) in [6, 6.07) is 7.48. The predicted octanol–water partition coefficient (Wildman–Crippen LogP) is 2.13. The highest BCUT2D eigenvalue weighted by Gasteiger charge is 2.17. The normalized spacial score (nSPS) is 10.3. The van der Waals surface area contributed by atoms with Crippen molar-refractivity contribution in [3.63, 3.8) is 0 Å². The first-order valence-corrected chi connectivity index (χ1v) is 6.20. The SMILES string of the molecule is CCN(CCC#N)C(=O)c1c[nH]c2cc(N)ccc12. The number of nitriles is 1. The van der Waals surface area contributed by atoms with Gasteiger partial charge in [-0.15, -0.1) is 0 Å². The van der Waals surface area contributed by atoms with Crippen LogP contribution in [0.1, 0.15) is 23.7 Å². The average molecular weight is 256 g/mol. The Morgan fingerprint density at radius 1 is 1.53 bits per heavy atom. The lowest BCUT2D eigenvalue weighted by molar-refractivity contribution is 0.0770. The van der Waals surface area contributed by atoms with Gasteiger partial charge >= 0.3 is 0 Å².